The van der Waals surface area contributed by atoms with Gasteiger partial charge in [0, 0.05) is 11.7 Å². The van der Waals surface area contributed by atoms with Crippen LogP contribution in [0.3, 0.4) is 0 Å². The quantitative estimate of drug-likeness (QED) is 0.813. The molecule has 0 amide bonds. The molecule has 2 rings (SSSR count). The number of rotatable bonds is 2. The molecule has 0 radical (unpaired) electrons. The van der Waals surface area contributed by atoms with E-state index in [4.69, 9.17) is 12.2 Å². The fourth-order valence-electron chi connectivity index (χ4n) is 1.63. The molecule has 0 saturated carbocycles. The SMILES string of the molecule is Cc1cccc(-c2n[nH]c(=S)n2C(C)C)n1. The minimum atomic E-state index is 0.267. The van der Waals surface area contributed by atoms with Crippen LogP contribution >= 0.6 is 12.2 Å². The van der Waals surface area contributed by atoms with Gasteiger partial charge in [-0.25, -0.2) is 4.98 Å². The van der Waals surface area contributed by atoms with Gasteiger partial charge in [-0.3, -0.25) is 9.67 Å². The monoisotopic (exact) mass is 234 g/mol. The van der Waals surface area contributed by atoms with E-state index in [1.807, 2.05) is 29.7 Å². The Morgan fingerprint density at radius 1 is 1.38 bits per heavy atom. The molecule has 0 fully saturated rings. The second kappa shape index (κ2) is 4.17. The predicted octanol–water partition coefficient (Wildman–Crippen LogP) is 2.89. The van der Waals surface area contributed by atoms with Crippen LogP contribution in [-0.2, 0) is 0 Å². The van der Waals surface area contributed by atoms with Gasteiger partial charge in [-0.05, 0) is 45.1 Å². The molecule has 16 heavy (non-hydrogen) atoms. The van der Waals surface area contributed by atoms with E-state index in [1.165, 1.54) is 0 Å². The molecule has 0 spiro atoms. The molecule has 84 valence electrons. The Morgan fingerprint density at radius 2 is 2.12 bits per heavy atom. The molecule has 2 heterocycles. The van der Waals surface area contributed by atoms with Gasteiger partial charge in [-0.2, -0.15) is 5.10 Å². The highest BCUT2D eigenvalue weighted by molar-refractivity contribution is 7.71. The standard InChI is InChI=1S/C11H14N4S/c1-7(2)15-10(13-14-11(15)16)9-6-4-5-8(3)12-9/h4-7H,1-3H3,(H,14,16). The molecule has 0 saturated heterocycles. The summed E-state index contributed by atoms with van der Waals surface area (Å²) in [6, 6.07) is 6.14. The molecule has 0 unspecified atom stereocenters. The van der Waals surface area contributed by atoms with Gasteiger partial charge in [0.25, 0.3) is 0 Å². The first-order chi connectivity index (χ1) is 7.59. The molecule has 0 aliphatic carbocycles. The van der Waals surface area contributed by atoms with Crippen molar-refractivity contribution in [2.75, 3.05) is 0 Å². The summed E-state index contributed by atoms with van der Waals surface area (Å²) in [6.07, 6.45) is 0. The highest BCUT2D eigenvalue weighted by Gasteiger charge is 2.12. The summed E-state index contributed by atoms with van der Waals surface area (Å²) in [7, 11) is 0. The number of aromatic amines is 1. The topological polar surface area (TPSA) is 46.5 Å². The number of hydrogen-bond donors (Lipinski definition) is 1. The van der Waals surface area contributed by atoms with Gasteiger partial charge in [-0.1, -0.05) is 6.07 Å². The molecule has 0 aliphatic heterocycles. The van der Waals surface area contributed by atoms with E-state index in [0.29, 0.717) is 4.77 Å². The van der Waals surface area contributed by atoms with Crippen molar-refractivity contribution < 1.29 is 0 Å². The van der Waals surface area contributed by atoms with Crippen molar-refractivity contribution in [1.82, 2.24) is 19.7 Å². The zero-order valence-corrected chi connectivity index (χ0v) is 10.4. The van der Waals surface area contributed by atoms with Gasteiger partial charge >= 0.3 is 0 Å². The van der Waals surface area contributed by atoms with Crippen LogP contribution in [0.25, 0.3) is 11.5 Å². The lowest BCUT2D eigenvalue weighted by molar-refractivity contribution is 0.596. The average Bonchev–Trinajstić information content (AvgIpc) is 2.60. The Labute approximate surface area is 99.4 Å². The predicted molar refractivity (Wildman–Crippen MR) is 65.8 cm³/mol. The van der Waals surface area contributed by atoms with Crippen molar-refractivity contribution in [2.24, 2.45) is 0 Å². The van der Waals surface area contributed by atoms with Crippen LogP contribution in [0.15, 0.2) is 18.2 Å². The normalized spacial score (nSPS) is 11.0. The number of pyridine rings is 1. The molecular weight excluding hydrogens is 220 g/mol. The zero-order valence-electron chi connectivity index (χ0n) is 9.56. The van der Waals surface area contributed by atoms with Gasteiger partial charge in [0.15, 0.2) is 10.6 Å². The molecule has 2 aromatic heterocycles. The summed E-state index contributed by atoms with van der Waals surface area (Å²) >= 11 is 5.20. The summed E-state index contributed by atoms with van der Waals surface area (Å²) in [5.74, 6) is 0.795. The lowest BCUT2D eigenvalue weighted by Crippen LogP contribution is -2.04. The Kier molecular flexibility index (Phi) is 2.87. The number of H-pyrrole nitrogens is 1. The maximum Gasteiger partial charge on any atom is 0.195 e. The average molecular weight is 234 g/mol. The summed E-state index contributed by atoms with van der Waals surface area (Å²) in [5.41, 5.74) is 1.82. The third-order valence-corrected chi connectivity index (χ3v) is 2.63. The van der Waals surface area contributed by atoms with Crippen LogP contribution in [-0.4, -0.2) is 19.7 Å². The summed E-state index contributed by atoms with van der Waals surface area (Å²) in [5, 5.41) is 7.04. The van der Waals surface area contributed by atoms with Gasteiger partial charge in [0.05, 0.1) is 0 Å². The number of nitrogens with one attached hydrogen (secondary N) is 1. The minimum Gasteiger partial charge on any atom is -0.296 e. The van der Waals surface area contributed by atoms with Gasteiger partial charge in [0.1, 0.15) is 5.69 Å². The Hall–Kier alpha value is -1.49. The first-order valence-corrected chi connectivity index (χ1v) is 5.61. The molecule has 0 aromatic carbocycles. The molecule has 0 aliphatic rings. The Morgan fingerprint density at radius 3 is 2.75 bits per heavy atom. The maximum absolute atomic E-state index is 5.20. The van der Waals surface area contributed by atoms with Gasteiger partial charge in [0.2, 0.25) is 0 Å². The second-order valence-electron chi connectivity index (χ2n) is 3.98. The fraction of sp³-hybridized carbons (Fsp3) is 0.364. The largest absolute Gasteiger partial charge is 0.296 e. The molecule has 0 atom stereocenters. The molecular formula is C11H14N4S. The van der Waals surface area contributed by atoms with Gasteiger partial charge < -0.3 is 0 Å². The summed E-state index contributed by atoms with van der Waals surface area (Å²) in [4.78, 5) is 4.45. The van der Waals surface area contributed by atoms with E-state index in [9.17, 15) is 0 Å². The van der Waals surface area contributed by atoms with Crippen molar-refractivity contribution in [2.45, 2.75) is 26.8 Å². The number of aryl methyl sites for hydroxylation is 1. The van der Waals surface area contributed by atoms with E-state index in [-0.39, 0.29) is 6.04 Å². The third kappa shape index (κ3) is 1.90. The van der Waals surface area contributed by atoms with Crippen molar-refractivity contribution in [3.8, 4) is 11.5 Å². The molecule has 2 aromatic rings. The van der Waals surface area contributed by atoms with Crippen molar-refractivity contribution in [1.29, 1.82) is 0 Å². The number of hydrogen-bond acceptors (Lipinski definition) is 3. The van der Waals surface area contributed by atoms with Crippen LogP contribution in [0.2, 0.25) is 0 Å². The zero-order chi connectivity index (χ0) is 11.7. The molecule has 0 bridgehead atoms. The lowest BCUT2D eigenvalue weighted by atomic mass is 10.3. The molecule has 5 heteroatoms. The summed E-state index contributed by atoms with van der Waals surface area (Å²) in [6.45, 7) is 6.11. The van der Waals surface area contributed by atoms with Crippen molar-refractivity contribution in [3.05, 3.63) is 28.7 Å². The first kappa shape index (κ1) is 11.0. The number of nitrogens with zero attached hydrogens (tertiary/aromatic N) is 3. The maximum atomic E-state index is 5.20. The van der Waals surface area contributed by atoms with E-state index >= 15 is 0 Å². The first-order valence-electron chi connectivity index (χ1n) is 5.20. The minimum absolute atomic E-state index is 0.267. The highest BCUT2D eigenvalue weighted by atomic mass is 32.1. The van der Waals surface area contributed by atoms with Crippen LogP contribution in [0.5, 0.6) is 0 Å². The van der Waals surface area contributed by atoms with Crippen LogP contribution in [0, 0.1) is 11.7 Å². The van der Waals surface area contributed by atoms with Crippen LogP contribution in [0.1, 0.15) is 25.6 Å². The Balaban J connectivity index is 2.61. The number of aromatic nitrogens is 4. The van der Waals surface area contributed by atoms with Crippen molar-refractivity contribution in [3.63, 3.8) is 0 Å². The third-order valence-electron chi connectivity index (χ3n) is 2.34. The van der Waals surface area contributed by atoms with E-state index in [2.05, 4.69) is 29.0 Å². The lowest BCUT2D eigenvalue weighted by Gasteiger charge is -2.09. The van der Waals surface area contributed by atoms with Crippen molar-refractivity contribution >= 4 is 12.2 Å². The van der Waals surface area contributed by atoms with E-state index in [1.54, 1.807) is 0 Å². The van der Waals surface area contributed by atoms with Gasteiger partial charge in [-0.15, -0.1) is 0 Å². The molecule has 1 N–H and O–H groups in total. The fourth-order valence-corrected chi connectivity index (χ4v) is 1.97. The Bertz CT molecular complexity index is 553. The van der Waals surface area contributed by atoms with Crippen LogP contribution < -0.4 is 0 Å². The highest BCUT2D eigenvalue weighted by Crippen LogP contribution is 2.18. The summed E-state index contributed by atoms with van der Waals surface area (Å²) < 4.78 is 2.60. The van der Waals surface area contributed by atoms with Crippen LogP contribution in [0.4, 0.5) is 0 Å². The second-order valence-corrected chi connectivity index (χ2v) is 4.37. The smallest absolute Gasteiger partial charge is 0.195 e. The van der Waals surface area contributed by atoms with E-state index < -0.39 is 0 Å². The molecule has 4 nitrogen and oxygen atoms in total. The van der Waals surface area contributed by atoms with E-state index in [0.717, 1.165) is 17.2 Å².